The number of hydrogen-bond donors (Lipinski definition) is 1. The molecule has 2 heteroatoms. The second kappa shape index (κ2) is 5.38. The first-order valence-electron chi connectivity index (χ1n) is 7.58. The molecule has 0 aromatic heterocycles. The number of anilines is 1. The summed E-state index contributed by atoms with van der Waals surface area (Å²) in [5.41, 5.74) is 5.33. The summed E-state index contributed by atoms with van der Waals surface area (Å²) >= 11 is 6.37. The maximum absolute atomic E-state index is 6.37. The summed E-state index contributed by atoms with van der Waals surface area (Å²) in [6.07, 6.45) is 2.34. The summed E-state index contributed by atoms with van der Waals surface area (Å²) in [6, 6.07) is 15.2. The largest absolute Gasteiger partial charge is 0.376 e. The SMILES string of the molecule is Cc1ccc(Cl)c(NC2c3ccccc3CCC2(C)C)c1. The zero-order chi connectivity index (χ0) is 15.0. The molecule has 0 saturated carbocycles. The van der Waals surface area contributed by atoms with Gasteiger partial charge in [-0.1, -0.05) is 55.8 Å². The van der Waals surface area contributed by atoms with Crippen molar-refractivity contribution >= 4 is 17.3 Å². The standard InChI is InChI=1S/C19H22ClN/c1-13-8-9-16(20)17(12-13)21-18-15-7-5-4-6-14(15)10-11-19(18,2)3/h4-9,12,18,21H,10-11H2,1-3H3. The maximum atomic E-state index is 6.37. The summed E-state index contributed by atoms with van der Waals surface area (Å²) in [7, 11) is 0. The van der Waals surface area contributed by atoms with Crippen molar-refractivity contribution in [3.8, 4) is 0 Å². The highest BCUT2D eigenvalue weighted by molar-refractivity contribution is 6.33. The Kier molecular flexibility index (Phi) is 3.71. The lowest BCUT2D eigenvalue weighted by Gasteiger charge is -2.41. The van der Waals surface area contributed by atoms with Crippen LogP contribution in [0.5, 0.6) is 0 Å². The highest BCUT2D eigenvalue weighted by Gasteiger charge is 2.35. The second-order valence-electron chi connectivity index (χ2n) is 6.75. The van der Waals surface area contributed by atoms with Crippen molar-refractivity contribution in [2.24, 2.45) is 5.41 Å². The minimum atomic E-state index is 0.210. The van der Waals surface area contributed by atoms with Crippen molar-refractivity contribution in [2.45, 2.75) is 39.7 Å². The molecule has 0 spiro atoms. The summed E-state index contributed by atoms with van der Waals surface area (Å²) in [4.78, 5) is 0. The van der Waals surface area contributed by atoms with E-state index in [1.165, 1.54) is 23.1 Å². The van der Waals surface area contributed by atoms with Crippen LogP contribution in [0.15, 0.2) is 42.5 Å². The van der Waals surface area contributed by atoms with Crippen LogP contribution in [0.25, 0.3) is 0 Å². The molecule has 0 heterocycles. The molecule has 110 valence electrons. The molecule has 0 radical (unpaired) electrons. The fourth-order valence-electron chi connectivity index (χ4n) is 3.24. The fourth-order valence-corrected chi connectivity index (χ4v) is 3.42. The molecule has 0 bridgehead atoms. The number of rotatable bonds is 2. The summed E-state index contributed by atoms with van der Waals surface area (Å²) in [5, 5.41) is 4.50. The number of nitrogens with one attached hydrogen (secondary N) is 1. The zero-order valence-electron chi connectivity index (χ0n) is 12.9. The molecule has 1 aliphatic carbocycles. The number of benzene rings is 2. The normalized spacial score (nSPS) is 19.9. The van der Waals surface area contributed by atoms with Crippen LogP contribution in [0.2, 0.25) is 5.02 Å². The molecule has 0 aliphatic heterocycles. The Hall–Kier alpha value is -1.47. The number of aryl methyl sites for hydroxylation is 2. The van der Waals surface area contributed by atoms with Crippen LogP contribution in [-0.2, 0) is 6.42 Å². The minimum Gasteiger partial charge on any atom is -0.376 e. The number of halogens is 1. The van der Waals surface area contributed by atoms with E-state index in [0.717, 1.165) is 17.1 Å². The van der Waals surface area contributed by atoms with E-state index in [-0.39, 0.29) is 5.41 Å². The third-order valence-corrected chi connectivity index (χ3v) is 4.94. The molecule has 1 aliphatic rings. The van der Waals surface area contributed by atoms with Crippen molar-refractivity contribution in [3.05, 3.63) is 64.2 Å². The molecule has 0 saturated heterocycles. The number of fused-ring (bicyclic) bond motifs is 1. The molecule has 1 unspecified atom stereocenters. The van der Waals surface area contributed by atoms with Gasteiger partial charge in [0.05, 0.1) is 16.8 Å². The monoisotopic (exact) mass is 299 g/mol. The van der Waals surface area contributed by atoms with Gasteiger partial charge in [-0.05, 0) is 54.0 Å². The van der Waals surface area contributed by atoms with Crippen LogP contribution in [0.4, 0.5) is 5.69 Å². The van der Waals surface area contributed by atoms with Gasteiger partial charge >= 0.3 is 0 Å². The van der Waals surface area contributed by atoms with E-state index < -0.39 is 0 Å². The van der Waals surface area contributed by atoms with E-state index in [1.54, 1.807) is 0 Å². The highest BCUT2D eigenvalue weighted by Crippen LogP contribution is 2.45. The quantitative estimate of drug-likeness (QED) is 0.742. The average Bonchev–Trinajstić information content (AvgIpc) is 2.46. The molecule has 0 fully saturated rings. The van der Waals surface area contributed by atoms with Crippen molar-refractivity contribution in [3.63, 3.8) is 0 Å². The van der Waals surface area contributed by atoms with E-state index in [9.17, 15) is 0 Å². The zero-order valence-corrected chi connectivity index (χ0v) is 13.7. The van der Waals surface area contributed by atoms with Crippen LogP contribution in [0, 0.1) is 12.3 Å². The summed E-state index contributed by atoms with van der Waals surface area (Å²) in [6.45, 7) is 6.77. The van der Waals surface area contributed by atoms with E-state index in [0.29, 0.717) is 6.04 Å². The first kappa shape index (κ1) is 14.5. The Balaban J connectivity index is 2.01. The molecular weight excluding hydrogens is 278 g/mol. The van der Waals surface area contributed by atoms with E-state index >= 15 is 0 Å². The third-order valence-electron chi connectivity index (χ3n) is 4.61. The predicted octanol–water partition coefficient (Wildman–Crippen LogP) is 5.77. The van der Waals surface area contributed by atoms with Gasteiger partial charge in [-0.15, -0.1) is 0 Å². The van der Waals surface area contributed by atoms with Gasteiger partial charge in [-0.3, -0.25) is 0 Å². The summed E-state index contributed by atoms with van der Waals surface area (Å²) < 4.78 is 0. The fraction of sp³-hybridized carbons (Fsp3) is 0.368. The van der Waals surface area contributed by atoms with Crippen molar-refractivity contribution in [1.82, 2.24) is 0 Å². The molecule has 2 aromatic carbocycles. The van der Waals surface area contributed by atoms with E-state index in [1.807, 2.05) is 12.1 Å². The van der Waals surface area contributed by atoms with Gasteiger partial charge in [0.1, 0.15) is 0 Å². The van der Waals surface area contributed by atoms with Gasteiger partial charge in [0.25, 0.3) is 0 Å². The Morgan fingerprint density at radius 3 is 2.71 bits per heavy atom. The van der Waals surface area contributed by atoms with Crippen molar-refractivity contribution < 1.29 is 0 Å². The van der Waals surface area contributed by atoms with Gasteiger partial charge in [0.15, 0.2) is 0 Å². The Bertz CT molecular complexity index is 660. The molecule has 2 aromatic rings. The Morgan fingerprint density at radius 2 is 1.90 bits per heavy atom. The minimum absolute atomic E-state index is 0.210. The lowest BCUT2D eigenvalue weighted by atomic mass is 9.70. The molecular formula is C19H22ClN. The lowest BCUT2D eigenvalue weighted by molar-refractivity contribution is 0.265. The van der Waals surface area contributed by atoms with Crippen molar-refractivity contribution in [1.29, 1.82) is 0 Å². The van der Waals surface area contributed by atoms with E-state index in [2.05, 4.69) is 56.4 Å². The van der Waals surface area contributed by atoms with Gasteiger partial charge < -0.3 is 5.32 Å². The van der Waals surface area contributed by atoms with Crippen LogP contribution < -0.4 is 5.32 Å². The van der Waals surface area contributed by atoms with Crippen LogP contribution in [-0.4, -0.2) is 0 Å². The third kappa shape index (κ3) is 2.80. The van der Waals surface area contributed by atoms with Crippen LogP contribution in [0.1, 0.15) is 43.0 Å². The van der Waals surface area contributed by atoms with Gasteiger partial charge in [-0.25, -0.2) is 0 Å². The van der Waals surface area contributed by atoms with Gasteiger partial charge in [0.2, 0.25) is 0 Å². The summed E-state index contributed by atoms with van der Waals surface area (Å²) in [5.74, 6) is 0. The van der Waals surface area contributed by atoms with Crippen molar-refractivity contribution in [2.75, 3.05) is 5.32 Å². The Labute approximate surface area is 132 Å². The van der Waals surface area contributed by atoms with Gasteiger partial charge in [-0.2, -0.15) is 0 Å². The highest BCUT2D eigenvalue weighted by atomic mass is 35.5. The molecule has 0 amide bonds. The number of hydrogen-bond acceptors (Lipinski definition) is 1. The topological polar surface area (TPSA) is 12.0 Å². The predicted molar refractivity (Wildman–Crippen MR) is 91.1 cm³/mol. The molecule has 1 atom stereocenters. The second-order valence-corrected chi connectivity index (χ2v) is 7.16. The van der Waals surface area contributed by atoms with Gasteiger partial charge in [0, 0.05) is 0 Å². The first-order valence-corrected chi connectivity index (χ1v) is 7.96. The molecule has 3 rings (SSSR count). The molecule has 1 N–H and O–H groups in total. The van der Waals surface area contributed by atoms with Crippen LogP contribution in [0.3, 0.4) is 0 Å². The molecule has 21 heavy (non-hydrogen) atoms. The molecule has 1 nitrogen and oxygen atoms in total. The lowest BCUT2D eigenvalue weighted by Crippen LogP contribution is -2.33. The van der Waals surface area contributed by atoms with Crippen LogP contribution >= 0.6 is 11.6 Å². The average molecular weight is 300 g/mol. The smallest absolute Gasteiger partial charge is 0.0637 e. The Morgan fingerprint density at radius 1 is 1.14 bits per heavy atom. The first-order chi connectivity index (χ1) is 9.97. The van der Waals surface area contributed by atoms with E-state index in [4.69, 9.17) is 11.6 Å². The maximum Gasteiger partial charge on any atom is 0.0637 e.